The third-order valence-electron chi connectivity index (χ3n) is 4.90. The van der Waals surface area contributed by atoms with Crippen molar-refractivity contribution in [3.05, 3.63) is 101 Å². The second-order valence-electron chi connectivity index (χ2n) is 6.99. The number of benzene rings is 2. The Morgan fingerprint density at radius 1 is 0.828 bits per heavy atom. The minimum atomic E-state index is -0.122. The number of rotatable bonds is 3. The van der Waals surface area contributed by atoms with Crippen LogP contribution in [-0.2, 0) is 0 Å². The molecule has 0 atom stereocenters. The van der Waals surface area contributed by atoms with E-state index in [4.69, 9.17) is 0 Å². The molecule has 0 spiro atoms. The largest absolute Gasteiger partial charge is 0.356 e. The lowest BCUT2D eigenvalue weighted by Crippen LogP contribution is -2.18. The van der Waals surface area contributed by atoms with Gasteiger partial charge >= 0.3 is 0 Å². The molecule has 0 saturated carbocycles. The first-order valence-corrected chi connectivity index (χ1v) is 9.39. The highest BCUT2D eigenvalue weighted by atomic mass is 16.1. The molecule has 0 aliphatic carbocycles. The predicted octanol–water partition coefficient (Wildman–Crippen LogP) is 4.99. The Balaban J connectivity index is 1.78. The molecular weight excluding hydrogens is 360 g/mol. The van der Waals surface area contributed by atoms with Crippen molar-refractivity contribution in [3.63, 3.8) is 0 Å². The van der Waals surface area contributed by atoms with E-state index in [0.717, 1.165) is 38.7 Å². The summed E-state index contributed by atoms with van der Waals surface area (Å²) in [6, 6.07) is 23.2. The second-order valence-corrected chi connectivity index (χ2v) is 6.99. The lowest BCUT2D eigenvalue weighted by Gasteiger charge is -2.13. The molecule has 5 rings (SSSR count). The molecule has 29 heavy (non-hydrogen) atoms. The smallest absolute Gasteiger partial charge is 0.256 e. The fourth-order valence-corrected chi connectivity index (χ4v) is 3.50. The van der Waals surface area contributed by atoms with Crippen molar-refractivity contribution < 1.29 is 0 Å². The molecule has 3 aromatic heterocycles. The molecule has 0 amide bonds. The first-order valence-electron chi connectivity index (χ1n) is 9.39. The number of aryl methyl sites for hydroxylation is 1. The first kappa shape index (κ1) is 17.1. The van der Waals surface area contributed by atoms with Gasteiger partial charge in [-0.15, -0.1) is 0 Å². The van der Waals surface area contributed by atoms with E-state index in [1.54, 1.807) is 23.0 Å². The molecular formula is C24H18N4O. The van der Waals surface area contributed by atoms with Gasteiger partial charge < -0.3 is 5.32 Å². The molecule has 5 nitrogen and oxygen atoms in total. The zero-order valence-electron chi connectivity index (χ0n) is 15.8. The molecule has 0 aliphatic heterocycles. The third kappa shape index (κ3) is 3.12. The fraction of sp³-hybridized carbons (Fsp3) is 0.0417. The monoisotopic (exact) mass is 378 g/mol. The number of fused-ring (bicyclic) bond motifs is 3. The maximum Gasteiger partial charge on any atom is 0.256 e. The topological polar surface area (TPSA) is 59.8 Å². The quantitative estimate of drug-likeness (QED) is 0.450. The summed E-state index contributed by atoms with van der Waals surface area (Å²) in [5, 5.41) is 5.19. The molecule has 3 heterocycles. The van der Waals surface area contributed by atoms with Gasteiger partial charge in [0.1, 0.15) is 5.82 Å². The van der Waals surface area contributed by atoms with Gasteiger partial charge in [-0.2, -0.15) is 0 Å². The Bertz CT molecular complexity index is 1390. The van der Waals surface area contributed by atoms with E-state index in [2.05, 4.69) is 15.3 Å². The Morgan fingerprint density at radius 3 is 2.48 bits per heavy atom. The van der Waals surface area contributed by atoms with Crippen LogP contribution in [0.25, 0.3) is 27.6 Å². The average Bonchev–Trinajstić information content (AvgIpc) is 2.75. The maximum absolute atomic E-state index is 12.8. The van der Waals surface area contributed by atoms with E-state index in [-0.39, 0.29) is 5.56 Å². The SMILES string of the molecule is Cc1ccc(-n2c(=O)ccc3cnc4ccc(Nc5ccccc5)cc4c32)nc1. The van der Waals surface area contributed by atoms with Crippen LogP contribution in [0.5, 0.6) is 0 Å². The van der Waals surface area contributed by atoms with Gasteiger partial charge in [-0.1, -0.05) is 24.3 Å². The molecule has 0 fully saturated rings. The molecule has 0 bridgehead atoms. The molecule has 2 aromatic carbocycles. The van der Waals surface area contributed by atoms with Crippen molar-refractivity contribution in [3.8, 4) is 5.82 Å². The Kier molecular flexibility index (Phi) is 4.06. The predicted molar refractivity (Wildman–Crippen MR) is 117 cm³/mol. The summed E-state index contributed by atoms with van der Waals surface area (Å²) in [4.78, 5) is 21.9. The van der Waals surface area contributed by atoms with Crippen LogP contribution in [-0.4, -0.2) is 14.5 Å². The van der Waals surface area contributed by atoms with Crippen molar-refractivity contribution >= 4 is 33.2 Å². The van der Waals surface area contributed by atoms with E-state index in [0.29, 0.717) is 5.82 Å². The number of para-hydroxylation sites is 1. The van der Waals surface area contributed by atoms with Crippen LogP contribution in [0.1, 0.15) is 5.56 Å². The van der Waals surface area contributed by atoms with Gasteiger partial charge in [0.15, 0.2) is 0 Å². The Labute approximate surface area is 167 Å². The molecule has 5 heteroatoms. The van der Waals surface area contributed by atoms with Crippen LogP contribution in [0.2, 0.25) is 0 Å². The van der Waals surface area contributed by atoms with Gasteiger partial charge in [0.05, 0.1) is 11.0 Å². The van der Waals surface area contributed by atoms with E-state index < -0.39 is 0 Å². The second kappa shape index (κ2) is 6.87. The number of aromatic nitrogens is 3. The van der Waals surface area contributed by atoms with Crippen molar-refractivity contribution in [2.75, 3.05) is 5.32 Å². The van der Waals surface area contributed by atoms with Gasteiger partial charge in [-0.25, -0.2) is 4.98 Å². The number of anilines is 2. The number of nitrogens with zero attached hydrogens (tertiary/aromatic N) is 3. The number of hydrogen-bond donors (Lipinski definition) is 1. The first-order chi connectivity index (χ1) is 14.2. The van der Waals surface area contributed by atoms with Crippen molar-refractivity contribution in [2.24, 2.45) is 0 Å². The molecule has 0 saturated heterocycles. The minimum Gasteiger partial charge on any atom is -0.356 e. The van der Waals surface area contributed by atoms with Crippen LogP contribution in [0, 0.1) is 6.92 Å². The summed E-state index contributed by atoms with van der Waals surface area (Å²) >= 11 is 0. The van der Waals surface area contributed by atoms with Crippen molar-refractivity contribution in [1.82, 2.24) is 14.5 Å². The van der Waals surface area contributed by atoms with E-state index in [1.807, 2.05) is 73.7 Å². The van der Waals surface area contributed by atoms with Crippen LogP contribution >= 0.6 is 0 Å². The summed E-state index contributed by atoms with van der Waals surface area (Å²) < 4.78 is 1.66. The van der Waals surface area contributed by atoms with Crippen molar-refractivity contribution in [2.45, 2.75) is 6.92 Å². The zero-order chi connectivity index (χ0) is 19.8. The molecule has 5 aromatic rings. The summed E-state index contributed by atoms with van der Waals surface area (Å²) in [7, 11) is 0. The average molecular weight is 378 g/mol. The molecule has 1 N–H and O–H groups in total. The summed E-state index contributed by atoms with van der Waals surface area (Å²) in [5.41, 5.74) is 4.47. The number of pyridine rings is 3. The van der Waals surface area contributed by atoms with Gasteiger partial charge in [-0.3, -0.25) is 14.3 Å². The van der Waals surface area contributed by atoms with E-state index in [9.17, 15) is 4.79 Å². The minimum absolute atomic E-state index is 0.122. The summed E-state index contributed by atoms with van der Waals surface area (Å²) in [6.07, 6.45) is 3.57. The van der Waals surface area contributed by atoms with Gasteiger partial charge in [0.25, 0.3) is 5.56 Å². The van der Waals surface area contributed by atoms with Gasteiger partial charge in [-0.05, 0) is 55.0 Å². The maximum atomic E-state index is 12.8. The zero-order valence-corrected chi connectivity index (χ0v) is 15.8. The van der Waals surface area contributed by atoms with Crippen LogP contribution < -0.4 is 10.9 Å². The van der Waals surface area contributed by atoms with Crippen molar-refractivity contribution in [1.29, 1.82) is 0 Å². The van der Waals surface area contributed by atoms with Gasteiger partial charge in [0, 0.05) is 40.6 Å². The van der Waals surface area contributed by atoms with Crippen LogP contribution in [0.3, 0.4) is 0 Å². The van der Waals surface area contributed by atoms with E-state index in [1.165, 1.54) is 0 Å². The highest BCUT2D eigenvalue weighted by molar-refractivity contribution is 6.05. The Hall–Kier alpha value is -3.99. The molecule has 0 radical (unpaired) electrons. The van der Waals surface area contributed by atoms with Crippen LogP contribution in [0.4, 0.5) is 11.4 Å². The summed E-state index contributed by atoms with van der Waals surface area (Å²) in [6.45, 7) is 1.98. The highest BCUT2D eigenvalue weighted by Gasteiger charge is 2.12. The lowest BCUT2D eigenvalue weighted by atomic mass is 10.1. The third-order valence-corrected chi connectivity index (χ3v) is 4.90. The lowest BCUT2D eigenvalue weighted by molar-refractivity contribution is 0.982. The van der Waals surface area contributed by atoms with E-state index >= 15 is 0 Å². The Morgan fingerprint density at radius 2 is 1.69 bits per heavy atom. The standard InChI is InChI=1S/C24H18N4O/c1-16-7-11-22(26-14-16)28-23(29)12-8-17-15-25-21-10-9-19(13-20(21)24(17)28)27-18-5-3-2-4-6-18/h2-15,27H,1H3. The highest BCUT2D eigenvalue weighted by Crippen LogP contribution is 2.28. The summed E-state index contributed by atoms with van der Waals surface area (Å²) in [5.74, 6) is 0.597. The number of nitrogens with one attached hydrogen (secondary N) is 1. The fourth-order valence-electron chi connectivity index (χ4n) is 3.50. The molecule has 0 unspecified atom stereocenters. The van der Waals surface area contributed by atoms with Gasteiger partial charge in [0.2, 0.25) is 0 Å². The van der Waals surface area contributed by atoms with Crippen LogP contribution in [0.15, 0.2) is 90.0 Å². The normalized spacial score (nSPS) is 11.1. The number of hydrogen-bond acceptors (Lipinski definition) is 4. The molecule has 140 valence electrons. The molecule has 0 aliphatic rings.